The quantitative estimate of drug-likeness (QED) is 0.500. The molecule has 2 heterocycles. The third-order valence-corrected chi connectivity index (χ3v) is 5.59. The normalized spacial score (nSPS) is 14.3. The highest BCUT2D eigenvalue weighted by atomic mass is 35.5. The van der Waals surface area contributed by atoms with Crippen molar-refractivity contribution in [2.45, 2.75) is 25.4 Å². The van der Waals surface area contributed by atoms with Crippen LogP contribution in [0.5, 0.6) is 0 Å². The maximum atomic E-state index is 13.6. The molecule has 3 aromatic rings. The van der Waals surface area contributed by atoms with Crippen LogP contribution in [0, 0.1) is 0 Å². The number of nitrogens with one attached hydrogen (secondary N) is 1. The van der Waals surface area contributed by atoms with E-state index in [4.69, 9.17) is 23.2 Å². The van der Waals surface area contributed by atoms with Crippen molar-refractivity contribution < 1.29 is 13.2 Å². The minimum atomic E-state index is -4.47. The molecule has 0 unspecified atom stereocenters. The zero-order chi connectivity index (χ0) is 19.9. The number of nitrogens with zero attached hydrogens (tertiary/aromatic N) is 2. The molecule has 1 aromatic heterocycles. The summed E-state index contributed by atoms with van der Waals surface area (Å²) in [5, 5.41) is 8.52. The molecule has 0 atom stereocenters. The summed E-state index contributed by atoms with van der Waals surface area (Å²) in [7, 11) is 0. The Morgan fingerprint density at radius 3 is 2.57 bits per heavy atom. The second kappa shape index (κ2) is 7.33. The van der Waals surface area contributed by atoms with Crippen molar-refractivity contribution in [1.82, 2.24) is 9.78 Å². The molecule has 0 saturated heterocycles. The second-order valence-electron chi connectivity index (χ2n) is 6.59. The minimum Gasteiger partial charge on any atom is -0.370 e. The summed E-state index contributed by atoms with van der Waals surface area (Å²) in [6.07, 6.45) is -2.07. The van der Waals surface area contributed by atoms with E-state index in [-0.39, 0.29) is 5.56 Å². The van der Waals surface area contributed by atoms with Crippen LogP contribution >= 0.6 is 23.2 Å². The third kappa shape index (κ3) is 3.35. The number of benzene rings is 2. The summed E-state index contributed by atoms with van der Waals surface area (Å²) in [6.45, 7) is 0.706. The van der Waals surface area contributed by atoms with E-state index in [1.165, 1.54) is 12.1 Å². The molecule has 1 N–H and O–H groups in total. The van der Waals surface area contributed by atoms with Crippen LogP contribution in [0.15, 0.2) is 42.5 Å². The van der Waals surface area contributed by atoms with E-state index in [1.54, 1.807) is 28.9 Å². The van der Waals surface area contributed by atoms with Gasteiger partial charge in [-0.1, -0.05) is 47.5 Å². The number of alkyl halides is 3. The lowest BCUT2D eigenvalue weighted by molar-refractivity contribution is -0.137. The van der Waals surface area contributed by atoms with E-state index < -0.39 is 11.7 Å². The van der Waals surface area contributed by atoms with Crippen LogP contribution in [0.2, 0.25) is 10.0 Å². The Hall–Kier alpha value is -2.18. The first kappa shape index (κ1) is 19.2. The van der Waals surface area contributed by atoms with Crippen molar-refractivity contribution in [3.63, 3.8) is 0 Å². The fourth-order valence-corrected chi connectivity index (χ4v) is 3.86. The number of anilines is 1. The van der Waals surface area contributed by atoms with Gasteiger partial charge in [0, 0.05) is 17.7 Å². The zero-order valence-corrected chi connectivity index (χ0v) is 16.2. The van der Waals surface area contributed by atoms with E-state index in [1.807, 2.05) is 0 Å². The Morgan fingerprint density at radius 1 is 1.00 bits per heavy atom. The van der Waals surface area contributed by atoms with Crippen molar-refractivity contribution >= 4 is 29.0 Å². The largest absolute Gasteiger partial charge is 0.417 e. The van der Waals surface area contributed by atoms with Gasteiger partial charge in [0.05, 0.1) is 27.0 Å². The molecule has 1 aliphatic rings. The molecular weight excluding hydrogens is 410 g/mol. The lowest BCUT2D eigenvalue weighted by Gasteiger charge is -2.12. The van der Waals surface area contributed by atoms with Crippen LogP contribution in [0.4, 0.5) is 19.0 Å². The van der Waals surface area contributed by atoms with Gasteiger partial charge in [-0.3, -0.25) is 0 Å². The fourth-order valence-electron chi connectivity index (χ4n) is 3.49. The van der Waals surface area contributed by atoms with Crippen molar-refractivity contribution in [3.8, 4) is 16.9 Å². The Morgan fingerprint density at radius 2 is 1.79 bits per heavy atom. The molecule has 28 heavy (non-hydrogen) atoms. The van der Waals surface area contributed by atoms with Crippen molar-refractivity contribution in [1.29, 1.82) is 0 Å². The van der Waals surface area contributed by atoms with Gasteiger partial charge in [-0.25, -0.2) is 4.68 Å². The number of halogens is 5. The van der Waals surface area contributed by atoms with E-state index in [9.17, 15) is 13.2 Å². The average molecular weight is 426 g/mol. The molecule has 0 spiro atoms. The summed E-state index contributed by atoms with van der Waals surface area (Å²) >= 11 is 12.5. The van der Waals surface area contributed by atoms with Crippen LogP contribution in [0.1, 0.15) is 24.0 Å². The Labute approximate surface area is 170 Å². The van der Waals surface area contributed by atoms with Crippen LogP contribution in [-0.4, -0.2) is 16.3 Å². The average Bonchev–Trinajstić information content (AvgIpc) is 2.84. The number of aromatic nitrogens is 2. The Bertz CT molecular complexity index is 1030. The molecule has 2 aromatic carbocycles. The van der Waals surface area contributed by atoms with Gasteiger partial charge >= 0.3 is 6.18 Å². The highest BCUT2D eigenvalue weighted by molar-refractivity contribution is 6.43. The molecule has 0 fully saturated rings. The summed E-state index contributed by atoms with van der Waals surface area (Å²) in [5.74, 6) is 0.661. The molecule has 0 aliphatic carbocycles. The summed E-state index contributed by atoms with van der Waals surface area (Å²) in [6, 6.07) is 10.6. The third-order valence-electron chi connectivity index (χ3n) is 4.78. The molecule has 1 aliphatic heterocycles. The Kier molecular flexibility index (Phi) is 5.02. The van der Waals surface area contributed by atoms with E-state index >= 15 is 0 Å². The fraction of sp³-hybridized carbons (Fsp3) is 0.250. The highest BCUT2D eigenvalue weighted by Gasteiger charge is 2.35. The van der Waals surface area contributed by atoms with Gasteiger partial charge in [0.15, 0.2) is 0 Å². The summed E-state index contributed by atoms with van der Waals surface area (Å²) in [5.41, 5.74) is 0.949. The SMILES string of the molecule is FC(F)(F)c1ccccc1-c1nn(-c2cccc(Cl)c2Cl)c2c1CCCCN2. The van der Waals surface area contributed by atoms with E-state index in [0.29, 0.717) is 40.2 Å². The monoisotopic (exact) mass is 425 g/mol. The van der Waals surface area contributed by atoms with Gasteiger partial charge < -0.3 is 5.32 Å². The lowest BCUT2D eigenvalue weighted by Crippen LogP contribution is -2.08. The molecule has 0 saturated carbocycles. The highest BCUT2D eigenvalue weighted by Crippen LogP contribution is 2.41. The second-order valence-corrected chi connectivity index (χ2v) is 7.37. The maximum Gasteiger partial charge on any atom is 0.417 e. The van der Waals surface area contributed by atoms with E-state index in [2.05, 4.69) is 10.4 Å². The molecule has 8 heteroatoms. The first-order valence-electron chi connectivity index (χ1n) is 8.84. The molecular formula is C20H16Cl2F3N3. The van der Waals surface area contributed by atoms with Crippen LogP contribution in [-0.2, 0) is 12.6 Å². The first-order valence-corrected chi connectivity index (χ1v) is 9.60. The number of fused-ring (bicyclic) bond motifs is 1. The van der Waals surface area contributed by atoms with Crippen LogP contribution in [0.3, 0.4) is 0 Å². The predicted octanol–water partition coefficient (Wildman–Crippen LogP) is 6.61. The smallest absolute Gasteiger partial charge is 0.370 e. The van der Waals surface area contributed by atoms with Gasteiger partial charge in [-0.2, -0.15) is 18.3 Å². The van der Waals surface area contributed by atoms with Crippen molar-refractivity contribution in [2.75, 3.05) is 11.9 Å². The molecule has 0 bridgehead atoms. The topological polar surface area (TPSA) is 29.9 Å². The molecule has 4 rings (SSSR count). The van der Waals surface area contributed by atoms with Gasteiger partial charge in [0.1, 0.15) is 5.82 Å². The van der Waals surface area contributed by atoms with Gasteiger partial charge in [-0.15, -0.1) is 0 Å². The zero-order valence-electron chi connectivity index (χ0n) is 14.7. The molecule has 3 nitrogen and oxygen atoms in total. The number of rotatable bonds is 2. The molecule has 0 amide bonds. The number of hydrogen-bond acceptors (Lipinski definition) is 2. The standard InChI is InChI=1S/C20H16Cl2F3N3/c21-15-9-5-10-16(17(15)22)28-19-13(7-3-4-11-26-19)18(27-28)12-6-1-2-8-14(12)20(23,24)25/h1-2,5-6,8-10,26H,3-4,7,11H2. The first-order chi connectivity index (χ1) is 13.4. The Balaban J connectivity index is 1.99. The van der Waals surface area contributed by atoms with Crippen LogP contribution < -0.4 is 5.32 Å². The minimum absolute atomic E-state index is 0.0619. The van der Waals surface area contributed by atoms with Crippen molar-refractivity contribution in [2.24, 2.45) is 0 Å². The maximum absolute atomic E-state index is 13.6. The summed E-state index contributed by atoms with van der Waals surface area (Å²) < 4.78 is 42.4. The molecule has 146 valence electrons. The van der Waals surface area contributed by atoms with Crippen LogP contribution in [0.25, 0.3) is 16.9 Å². The molecule has 0 radical (unpaired) electrons. The van der Waals surface area contributed by atoms with Gasteiger partial charge in [-0.05, 0) is 37.5 Å². The van der Waals surface area contributed by atoms with Gasteiger partial charge in [0.25, 0.3) is 0 Å². The number of hydrogen-bond donors (Lipinski definition) is 1. The predicted molar refractivity (Wildman–Crippen MR) is 105 cm³/mol. The van der Waals surface area contributed by atoms with Gasteiger partial charge in [0.2, 0.25) is 0 Å². The van der Waals surface area contributed by atoms with Crippen molar-refractivity contribution in [3.05, 3.63) is 63.6 Å². The lowest BCUT2D eigenvalue weighted by atomic mass is 9.99. The van der Waals surface area contributed by atoms with E-state index in [0.717, 1.165) is 24.5 Å². The summed E-state index contributed by atoms with van der Waals surface area (Å²) in [4.78, 5) is 0.